The fourth-order valence-corrected chi connectivity index (χ4v) is 4.78. The van der Waals surface area contributed by atoms with Gasteiger partial charge in [0.15, 0.2) is 0 Å². The van der Waals surface area contributed by atoms with Gasteiger partial charge in [0.05, 0.1) is 12.0 Å². The molecule has 0 aromatic heterocycles. The van der Waals surface area contributed by atoms with Crippen LogP contribution >= 0.6 is 0 Å². The summed E-state index contributed by atoms with van der Waals surface area (Å²) in [5.41, 5.74) is 4.19. The molecular weight excluding hydrogens is 474 g/mol. The third kappa shape index (κ3) is 5.68. The number of hydrogen-bond acceptors (Lipinski definition) is 3. The average molecular weight is 504 g/mol. The second-order valence-corrected chi connectivity index (χ2v) is 9.47. The van der Waals surface area contributed by atoms with Crippen LogP contribution in [0.1, 0.15) is 32.6 Å². The number of benzene rings is 5. The van der Waals surface area contributed by atoms with Gasteiger partial charge in [0.2, 0.25) is 5.91 Å². The molecule has 5 aromatic rings. The summed E-state index contributed by atoms with van der Waals surface area (Å²) < 4.78 is 6.18. The molecule has 0 saturated carbocycles. The first-order chi connectivity index (χ1) is 18.5. The van der Waals surface area contributed by atoms with Gasteiger partial charge in [-0.2, -0.15) is 0 Å². The van der Waals surface area contributed by atoms with Crippen molar-refractivity contribution in [2.45, 2.75) is 26.4 Å². The molecule has 0 aliphatic carbocycles. The van der Waals surface area contributed by atoms with Crippen molar-refractivity contribution in [2.24, 2.45) is 0 Å². The van der Waals surface area contributed by atoms with Crippen LogP contribution in [-0.4, -0.2) is 23.5 Å². The molecule has 0 fully saturated rings. The number of hydrogen-bond donors (Lipinski definition) is 2. The summed E-state index contributed by atoms with van der Waals surface area (Å²) in [7, 11) is 0. The van der Waals surface area contributed by atoms with E-state index in [1.807, 2.05) is 48.5 Å². The van der Waals surface area contributed by atoms with E-state index in [1.165, 1.54) is 11.1 Å². The maximum absolute atomic E-state index is 12.8. The van der Waals surface area contributed by atoms with Crippen LogP contribution in [0.5, 0.6) is 5.75 Å². The van der Waals surface area contributed by atoms with Crippen molar-refractivity contribution in [1.82, 2.24) is 5.32 Å². The highest BCUT2D eigenvalue weighted by Gasteiger charge is 2.15. The van der Waals surface area contributed by atoms with Crippen molar-refractivity contribution in [1.29, 1.82) is 0 Å². The van der Waals surface area contributed by atoms with E-state index in [-0.39, 0.29) is 17.9 Å². The predicted molar refractivity (Wildman–Crippen MR) is 151 cm³/mol. The first kappa shape index (κ1) is 25.0. The van der Waals surface area contributed by atoms with Gasteiger partial charge in [-0.15, -0.1) is 0 Å². The first-order valence-corrected chi connectivity index (χ1v) is 12.7. The van der Waals surface area contributed by atoms with E-state index >= 15 is 0 Å². The van der Waals surface area contributed by atoms with E-state index in [4.69, 9.17) is 4.74 Å². The Bertz CT molecular complexity index is 1640. The summed E-state index contributed by atoms with van der Waals surface area (Å²) in [5.74, 6) is -0.609. The average Bonchev–Trinajstić information content (AvgIpc) is 2.92. The van der Waals surface area contributed by atoms with Gasteiger partial charge < -0.3 is 15.2 Å². The summed E-state index contributed by atoms with van der Waals surface area (Å²) in [6.07, 6.45) is 0.820. The Kier molecular flexibility index (Phi) is 7.36. The van der Waals surface area contributed by atoms with Gasteiger partial charge >= 0.3 is 5.97 Å². The van der Waals surface area contributed by atoms with E-state index < -0.39 is 5.97 Å². The monoisotopic (exact) mass is 503 g/mol. The van der Waals surface area contributed by atoms with Gasteiger partial charge in [-0.1, -0.05) is 72.8 Å². The minimum absolute atomic E-state index is 0.0829. The molecule has 1 amide bonds. The van der Waals surface area contributed by atoms with Crippen LogP contribution in [0.25, 0.3) is 21.5 Å². The Morgan fingerprint density at radius 2 is 1.58 bits per heavy atom. The van der Waals surface area contributed by atoms with Crippen LogP contribution in [0.3, 0.4) is 0 Å². The Morgan fingerprint density at radius 3 is 2.39 bits per heavy atom. The summed E-state index contributed by atoms with van der Waals surface area (Å²) in [6.45, 7) is 2.91. The van der Waals surface area contributed by atoms with E-state index in [2.05, 4.69) is 48.6 Å². The lowest BCUT2D eigenvalue weighted by atomic mass is 9.97. The highest BCUT2D eigenvalue weighted by molar-refractivity contribution is 6.00. The first-order valence-electron chi connectivity index (χ1n) is 12.7. The number of ether oxygens (including phenoxy) is 1. The molecule has 2 N–H and O–H groups in total. The zero-order valence-corrected chi connectivity index (χ0v) is 21.2. The zero-order chi connectivity index (χ0) is 26.5. The topological polar surface area (TPSA) is 75.6 Å². The number of aryl methyl sites for hydroxylation is 1. The summed E-state index contributed by atoms with van der Waals surface area (Å²) >= 11 is 0. The molecule has 0 saturated heterocycles. The normalized spacial score (nSPS) is 11.0. The number of carbonyl (C=O) groups excluding carboxylic acids is 1. The number of fused-ring (bicyclic) bond motifs is 2. The Morgan fingerprint density at radius 1 is 0.789 bits per heavy atom. The number of carbonyl (C=O) groups is 2. The molecule has 5 heteroatoms. The molecule has 38 heavy (non-hydrogen) atoms. The van der Waals surface area contributed by atoms with Gasteiger partial charge in [0.1, 0.15) is 12.4 Å². The largest absolute Gasteiger partial charge is 0.488 e. The van der Waals surface area contributed by atoms with Crippen molar-refractivity contribution in [3.8, 4) is 5.75 Å². The van der Waals surface area contributed by atoms with Gasteiger partial charge in [0.25, 0.3) is 0 Å². The van der Waals surface area contributed by atoms with Crippen LogP contribution in [0, 0.1) is 6.92 Å². The molecule has 5 nitrogen and oxygen atoms in total. The SMILES string of the molecule is Cc1ccccc1CCNC(=O)Cc1cc(C(=O)O)cc2c(OCc3ccc4ccccc4c3)cccc12. The predicted octanol–water partition coefficient (Wildman–Crippen LogP) is 6.48. The van der Waals surface area contributed by atoms with Crippen molar-refractivity contribution in [3.05, 3.63) is 125 Å². The van der Waals surface area contributed by atoms with Crippen molar-refractivity contribution >= 4 is 33.4 Å². The molecule has 0 unspecified atom stereocenters. The van der Waals surface area contributed by atoms with E-state index in [1.54, 1.807) is 12.1 Å². The molecule has 5 aromatic carbocycles. The Hall–Kier alpha value is -4.64. The quantitative estimate of drug-likeness (QED) is 0.241. The third-order valence-corrected chi connectivity index (χ3v) is 6.83. The van der Waals surface area contributed by atoms with Crippen LogP contribution in [0.4, 0.5) is 0 Å². The molecular formula is C33H29NO4. The third-order valence-electron chi connectivity index (χ3n) is 6.83. The molecule has 0 heterocycles. The van der Waals surface area contributed by atoms with Crippen LogP contribution in [0.2, 0.25) is 0 Å². The molecule has 5 rings (SSSR count). The van der Waals surface area contributed by atoms with Crippen LogP contribution < -0.4 is 10.1 Å². The van der Waals surface area contributed by atoms with Gasteiger partial charge in [0, 0.05) is 11.9 Å². The number of rotatable bonds is 9. The van der Waals surface area contributed by atoms with Gasteiger partial charge in [-0.05, 0) is 76.0 Å². The van der Waals surface area contributed by atoms with Crippen molar-refractivity contribution < 1.29 is 19.4 Å². The number of carboxylic acids is 1. The molecule has 0 aliphatic heterocycles. The van der Waals surface area contributed by atoms with Gasteiger partial charge in [-0.3, -0.25) is 4.79 Å². The maximum atomic E-state index is 12.8. The fourth-order valence-electron chi connectivity index (χ4n) is 4.78. The summed E-state index contributed by atoms with van der Waals surface area (Å²) in [5, 5.41) is 16.5. The second kappa shape index (κ2) is 11.2. The molecule has 0 aliphatic rings. The molecule has 0 spiro atoms. The number of carboxylic acid groups (broad SMARTS) is 1. The fraction of sp³-hybridized carbons (Fsp3) is 0.152. The Balaban J connectivity index is 1.35. The van der Waals surface area contributed by atoms with Crippen molar-refractivity contribution in [3.63, 3.8) is 0 Å². The molecule has 0 bridgehead atoms. The van der Waals surface area contributed by atoms with E-state index in [0.717, 1.165) is 28.1 Å². The highest BCUT2D eigenvalue weighted by atomic mass is 16.5. The molecule has 190 valence electrons. The number of amides is 1. The molecule has 0 radical (unpaired) electrons. The number of nitrogens with one attached hydrogen (secondary N) is 1. The van der Waals surface area contributed by atoms with Crippen LogP contribution in [-0.2, 0) is 24.2 Å². The molecule has 0 atom stereocenters. The lowest BCUT2D eigenvalue weighted by Crippen LogP contribution is -2.27. The summed E-state index contributed by atoms with van der Waals surface area (Å²) in [6, 6.07) is 31.3. The second-order valence-electron chi connectivity index (χ2n) is 9.47. The Labute approximate surface area is 221 Å². The van der Waals surface area contributed by atoms with Crippen molar-refractivity contribution in [2.75, 3.05) is 6.54 Å². The zero-order valence-electron chi connectivity index (χ0n) is 21.2. The van der Waals surface area contributed by atoms with E-state index in [0.29, 0.717) is 29.9 Å². The highest BCUT2D eigenvalue weighted by Crippen LogP contribution is 2.31. The lowest BCUT2D eigenvalue weighted by molar-refractivity contribution is -0.120. The van der Waals surface area contributed by atoms with E-state index in [9.17, 15) is 14.7 Å². The lowest BCUT2D eigenvalue weighted by Gasteiger charge is -2.14. The van der Waals surface area contributed by atoms with Crippen LogP contribution in [0.15, 0.2) is 97.1 Å². The summed E-state index contributed by atoms with van der Waals surface area (Å²) in [4.78, 5) is 24.7. The maximum Gasteiger partial charge on any atom is 0.335 e. The smallest absolute Gasteiger partial charge is 0.335 e. The number of aromatic carboxylic acids is 1. The minimum Gasteiger partial charge on any atom is -0.488 e. The van der Waals surface area contributed by atoms with Gasteiger partial charge in [-0.25, -0.2) is 4.79 Å². The standard InChI is InChI=1S/C33H29NO4/c1-22-7-2-3-8-24(22)15-16-34-32(35)20-27-18-28(33(36)37)19-30-29(27)11-6-12-31(30)38-21-23-13-14-25-9-4-5-10-26(25)17-23/h2-14,17-19H,15-16,20-21H2,1H3,(H,34,35)(H,36,37). The minimum atomic E-state index is -1.04.